The minimum absolute atomic E-state index is 0.226. The normalized spacial score (nSPS) is 9.91. The number of benzene rings is 2. The Kier molecular flexibility index (Phi) is 5.08. The Morgan fingerprint density at radius 3 is 2.64 bits per heavy atom. The number of carbonyl (C=O) groups is 2. The molecule has 0 aromatic heterocycles. The molecule has 0 bridgehead atoms. The van der Waals surface area contributed by atoms with Crippen molar-refractivity contribution in [1.29, 1.82) is 0 Å². The van der Waals surface area contributed by atoms with E-state index in [9.17, 15) is 14.0 Å². The van der Waals surface area contributed by atoms with E-state index in [1.807, 2.05) is 0 Å². The van der Waals surface area contributed by atoms with Gasteiger partial charge in [0, 0.05) is 5.69 Å². The fraction of sp³-hybridized carbons (Fsp3) is 0.125. The summed E-state index contributed by atoms with van der Waals surface area (Å²) in [5, 5.41) is 2.50. The maximum atomic E-state index is 13.0. The van der Waals surface area contributed by atoms with Crippen molar-refractivity contribution in [2.24, 2.45) is 0 Å². The summed E-state index contributed by atoms with van der Waals surface area (Å²) in [5.74, 6) is -1.23. The molecule has 0 aliphatic heterocycles. The summed E-state index contributed by atoms with van der Waals surface area (Å²) in [6.07, 6.45) is 0. The molecule has 6 heteroatoms. The number of para-hydroxylation sites is 1. The Morgan fingerprint density at radius 1 is 1.14 bits per heavy atom. The molecule has 0 aliphatic carbocycles. The zero-order valence-corrected chi connectivity index (χ0v) is 11.8. The van der Waals surface area contributed by atoms with Crippen molar-refractivity contribution < 1.29 is 23.5 Å². The van der Waals surface area contributed by atoms with E-state index in [0.717, 1.165) is 0 Å². The van der Waals surface area contributed by atoms with Crippen LogP contribution in [0.3, 0.4) is 0 Å². The summed E-state index contributed by atoms with van der Waals surface area (Å²) in [5.41, 5.74) is 0.554. The van der Waals surface area contributed by atoms with E-state index in [0.29, 0.717) is 5.69 Å². The monoisotopic (exact) mass is 303 g/mol. The van der Waals surface area contributed by atoms with Gasteiger partial charge in [-0.1, -0.05) is 18.2 Å². The number of halogens is 1. The van der Waals surface area contributed by atoms with Crippen LogP contribution >= 0.6 is 0 Å². The van der Waals surface area contributed by atoms with Gasteiger partial charge in [0.25, 0.3) is 5.91 Å². The van der Waals surface area contributed by atoms with Crippen LogP contribution < -0.4 is 10.1 Å². The van der Waals surface area contributed by atoms with Gasteiger partial charge in [-0.15, -0.1) is 0 Å². The van der Waals surface area contributed by atoms with Gasteiger partial charge in [-0.05, 0) is 30.3 Å². The lowest BCUT2D eigenvalue weighted by Gasteiger charge is -2.10. The number of amides is 1. The lowest BCUT2D eigenvalue weighted by molar-refractivity contribution is -0.118. The molecule has 0 fully saturated rings. The molecule has 0 radical (unpaired) electrons. The highest BCUT2D eigenvalue weighted by molar-refractivity contribution is 5.94. The van der Waals surface area contributed by atoms with Gasteiger partial charge in [-0.3, -0.25) is 4.79 Å². The third-order valence-electron chi connectivity index (χ3n) is 2.76. The highest BCUT2D eigenvalue weighted by Gasteiger charge is 2.13. The summed E-state index contributed by atoms with van der Waals surface area (Å²) in [6.45, 7) is -0.315. The number of nitrogens with one attached hydrogen (secondary N) is 1. The fourth-order valence-corrected chi connectivity index (χ4v) is 1.78. The van der Waals surface area contributed by atoms with Gasteiger partial charge >= 0.3 is 5.97 Å². The van der Waals surface area contributed by atoms with Crippen LogP contribution in [0, 0.1) is 5.82 Å². The van der Waals surface area contributed by atoms with Gasteiger partial charge < -0.3 is 14.8 Å². The lowest BCUT2D eigenvalue weighted by Crippen LogP contribution is -2.21. The molecule has 0 saturated carbocycles. The number of methoxy groups -OCH3 is 1. The minimum atomic E-state index is -0.555. The number of anilines is 1. The molecule has 1 N–H and O–H groups in total. The van der Waals surface area contributed by atoms with Crippen molar-refractivity contribution in [3.05, 3.63) is 59.9 Å². The first-order valence-electron chi connectivity index (χ1n) is 6.45. The summed E-state index contributed by atoms with van der Waals surface area (Å²) in [6, 6.07) is 11.9. The number of rotatable bonds is 5. The third-order valence-corrected chi connectivity index (χ3v) is 2.76. The smallest absolute Gasteiger partial charge is 0.341 e. The van der Waals surface area contributed by atoms with Gasteiger partial charge in [0.2, 0.25) is 0 Å². The van der Waals surface area contributed by atoms with Gasteiger partial charge in [0.1, 0.15) is 17.1 Å². The van der Waals surface area contributed by atoms with E-state index < -0.39 is 17.7 Å². The second-order valence-electron chi connectivity index (χ2n) is 4.33. The van der Waals surface area contributed by atoms with E-state index in [1.54, 1.807) is 24.3 Å². The van der Waals surface area contributed by atoms with Gasteiger partial charge in [-0.25, -0.2) is 9.18 Å². The topological polar surface area (TPSA) is 64.6 Å². The van der Waals surface area contributed by atoms with E-state index >= 15 is 0 Å². The van der Waals surface area contributed by atoms with Crippen molar-refractivity contribution in [1.82, 2.24) is 0 Å². The van der Waals surface area contributed by atoms with Crippen LogP contribution in [0.2, 0.25) is 0 Å². The van der Waals surface area contributed by atoms with Crippen LogP contribution in [-0.2, 0) is 9.53 Å². The zero-order chi connectivity index (χ0) is 15.9. The summed E-state index contributed by atoms with van der Waals surface area (Å²) in [7, 11) is 1.26. The van der Waals surface area contributed by atoms with Crippen molar-refractivity contribution in [2.75, 3.05) is 19.0 Å². The Balaban J connectivity index is 1.98. The summed E-state index contributed by atoms with van der Waals surface area (Å²) < 4.78 is 23.0. The Bertz CT molecular complexity index is 687. The summed E-state index contributed by atoms with van der Waals surface area (Å²) in [4.78, 5) is 23.3. The minimum Gasteiger partial charge on any atom is -0.483 e. The van der Waals surface area contributed by atoms with Crippen molar-refractivity contribution >= 4 is 17.6 Å². The highest BCUT2D eigenvalue weighted by Crippen LogP contribution is 2.18. The molecule has 0 unspecified atom stereocenters. The van der Waals surface area contributed by atoms with Crippen molar-refractivity contribution in [3.63, 3.8) is 0 Å². The first-order valence-corrected chi connectivity index (χ1v) is 6.45. The molecular weight excluding hydrogens is 289 g/mol. The van der Waals surface area contributed by atoms with Gasteiger partial charge in [0.15, 0.2) is 6.61 Å². The van der Waals surface area contributed by atoms with E-state index in [2.05, 4.69) is 10.1 Å². The molecular formula is C16H14FNO4. The number of hydrogen-bond donors (Lipinski definition) is 1. The largest absolute Gasteiger partial charge is 0.483 e. The van der Waals surface area contributed by atoms with Gasteiger partial charge in [0.05, 0.1) is 7.11 Å². The molecule has 0 aliphatic rings. The third kappa shape index (κ3) is 4.05. The van der Waals surface area contributed by atoms with E-state index in [1.165, 1.54) is 31.4 Å². The van der Waals surface area contributed by atoms with Crippen LogP contribution in [-0.4, -0.2) is 25.6 Å². The molecule has 0 saturated heterocycles. The van der Waals surface area contributed by atoms with E-state index in [-0.39, 0.29) is 17.9 Å². The van der Waals surface area contributed by atoms with Crippen molar-refractivity contribution in [3.8, 4) is 5.75 Å². The molecule has 0 heterocycles. The average molecular weight is 303 g/mol. The number of esters is 1. The van der Waals surface area contributed by atoms with Crippen LogP contribution in [0.5, 0.6) is 5.75 Å². The number of carbonyl (C=O) groups excluding carboxylic acids is 2. The van der Waals surface area contributed by atoms with E-state index in [4.69, 9.17) is 4.74 Å². The second kappa shape index (κ2) is 7.21. The first kappa shape index (κ1) is 15.5. The maximum Gasteiger partial charge on any atom is 0.341 e. The fourth-order valence-electron chi connectivity index (χ4n) is 1.78. The molecule has 5 nitrogen and oxygen atoms in total. The molecule has 2 rings (SSSR count). The lowest BCUT2D eigenvalue weighted by atomic mass is 10.2. The Hall–Kier alpha value is -2.89. The Morgan fingerprint density at radius 2 is 1.91 bits per heavy atom. The molecule has 114 valence electrons. The zero-order valence-electron chi connectivity index (χ0n) is 11.8. The Labute approximate surface area is 126 Å². The van der Waals surface area contributed by atoms with Crippen LogP contribution in [0.25, 0.3) is 0 Å². The van der Waals surface area contributed by atoms with Crippen LogP contribution in [0.1, 0.15) is 10.4 Å². The summed E-state index contributed by atoms with van der Waals surface area (Å²) >= 11 is 0. The highest BCUT2D eigenvalue weighted by atomic mass is 19.1. The average Bonchev–Trinajstić information content (AvgIpc) is 2.52. The predicted octanol–water partition coefficient (Wildman–Crippen LogP) is 2.63. The number of hydrogen-bond acceptors (Lipinski definition) is 4. The predicted molar refractivity (Wildman–Crippen MR) is 78.3 cm³/mol. The van der Waals surface area contributed by atoms with Gasteiger partial charge in [-0.2, -0.15) is 0 Å². The molecule has 2 aromatic carbocycles. The molecule has 1 amide bonds. The van der Waals surface area contributed by atoms with Crippen LogP contribution in [0.15, 0.2) is 48.5 Å². The quantitative estimate of drug-likeness (QED) is 0.862. The van der Waals surface area contributed by atoms with Crippen LogP contribution in [0.4, 0.5) is 10.1 Å². The second-order valence-corrected chi connectivity index (χ2v) is 4.33. The SMILES string of the molecule is COC(=O)c1ccccc1OCC(=O)Nc1cccc(F)c1. The standard InChI is InChI=1S/C16H14FNO4/c1-21-16(20)13-7-2-3-8-14(13)22-10-15(19)18-12-6-4-5-11(17)9-12/h2-9H,10H2,1H3,(H,18,19). The molecule has 0 spiro atoms. The van der Waals surface area contributed by atoms with Crippen molar-refractivity contribution in [2.45, 2.75) is 0 Å². The number of ether oxygens (including phenoxy) is 2. The molecule has 0 atom stereocenters. The first-order chi connectivity index (χ1) is 10.6. The molecule has 22 heavy (non-hydrogen) atoms. The molecule has 2 aromatic rings. The maximum absolute atomic E-state index is 13.0.